The van der Waals surface area contributed by atoms with Gasteiger partial charge in [0.25, 0.3) is 0 Å². The van der Waals surface area contributed by atoms with Gasteiger partial charge in [0.2, 0.25) is 17.6 Å². The van der Waals surface area contributed by atoms with Crippen molar-refractivity contribution >= 4 is 12.0 Å². The number of likely N-dealkylation sites (tertiary alicyclic amines) is 2. The van der Waals surface area contributed by atoms with Gasteiger partial charge in [-0.05, 0) is 52.4 Å². The minimum absolute atomic E-state index is 0.00355. The molecule has 32 heavy (non-hydrogen) atoms. The van der Waals surface area contributed by atoms with Crippen molar-refractivity contribution in [3.05, 3.63) is 24.5 Å². The maximum absolute atomic E-state index is 13.3. The third kappa shape index (κ3) is 5.23. The van der Waals surface area contributed by atoms with Crippen LogP contribution in [-0.2, 0) is 16.0 Å². The standard InChI is InChI=1S/C22H30N6O4/c1-22(2,3)31-21(30)28-11-5-7-17(28)20(29)27-10-4-6-15(14-27)12-18-25-19(26-32-18)16-13-23-8-9-24-16/h8-9,13,15,17H,4-7,10-12,14H2,1-3H3. The smallest absolute Gasteiger partial charge is 0.410 e. The van der Waals surface area contributed by atoms with E-state index in [1.54, 1.807) is 23.5 Å². The highest BCUT2D eigenvalue weighted by atomic mass is 16.6. The van der Waals surface area contributed by atoms with Crippen LogP contribution in [0.1, 0.15) is 52.3 Å². The Morgan fingerprint density at radius 3 is 2.75 bits per heavy atom. The Kier molecular flexibility index (Phi) is 6.38. The molecule has 0 bridgehead atoms. The van der Waals surface area contributed by atoms with Crippen LogP contribution in [0.4, 0.5) is 4.79 Å². The van der Waals surface area contributed by atoms with Gasteiger partial charge in [-0.25, -0.2) is 9.78 Å². The van der Waals surface area contributed by atoms with E-state index in [-0.39, 0.29) is 11.8 Å². The van der Waals surface area contributed by atoms with Crippen molar-refractivity contribution in [1.29, 1.82) is 0 Å². The Morgan fingerprint density at radius 2 is 2.00 bits per heavy atom. The van der Waals surface area contributed by atoms with Gasteiger partial charge in [0.1, 0.15) is 17.3 Å². The number of nitrogens with zero attached hydrogens (tertiary/aromatic N) is 6. The van der Waals surface area contributed by atoms with Crippen molar-refractivity contribution in [2.45, 2.75) is 64.5 Å². The molecule has 4 heterocycles. The molecule has 2 aromatic rings. The number of ether oxygens (including phenoxy) is 1. The van der Waals surface area contributed by atoms with Crippen LogP contribution >= 0.6 is 0 Å². The van der Waals surface area contributed by atoms with Crippen LogP contribution in [-0.4, -0.2) is 73.2 Å². The van der Waals surface area contributed by atoms with Gasteiger partial charge in [-0.15, -0.1) is 0 Å². The molecule has 0 N–H and O–H groups in total. The van der Waals surface area contributed by atoms with Crippen LogP contribution in [0.2, 0.25) is 0 Å². The largest absolute Gasteiger partial charge is 0.444 e. The summed E-state index contributed by atoms with van der Waals surface area (Å²) in [7, 11) is 0. The number of piperidine rings is 1. The summed E-state index contributed by atoms with van der Waals surface area (Å²) in [6.07, 6.45) is 8.30. The minimum atomic E-state index is -0.586. The molecule has 2 aromatic heterocycles. The molecule has 2 aliphatic rings. The van der Waals surface area contributed by atoms with Crippen LogP contribution in [0.15, 0.2) is 23.1 Å². The fourth-order valence-electron chi connectivity index (χ4n) is 4.31. The van der Waals surface area contributed by atoms with Gasteiger partial charge >= 0.3 is 6.09 Å². The average Bonchev–Trinajstić information content (AvgIpc) is 3.43. The molecule has 10 nitrogen and oxygen atoms in total. The zero-order valence-corrected chi connectivity index (χ0v) is 18.9. The minimum Gasteiger partial charge on any atom is -0.444 e. The molecule has 2 aliphatic heterocycles. The van der Waals surface area contributed by atoms with Gasteiger partial charge in [-0.3, -0.25) is 14.7 Å². The highest BCUT2D eigenvalue weighted by Gasteiger charge is 2.39. The maximum Gasteiger partial charge on any atom is 0.410 e. The summed E-state index contributed by atoms with van der Waals surface area (Å²) in [5.41, 5.74) is -0.0241. The monoisotopic (exact) mass is 442 g/mol. The summed E-state index contributed by atoms with van der Waals surface area (Å²) in [5, 5.41) is 4.00. The van der Waals surface area contributed by atoms with Gasteiger partial charge in [0.05, 0.1) is 6.20 Å². The fourth-order valence-corrected chi connectivity index (χ4v) is 4.31. The van der Waals surface area contributed by atoms with Crippen LogP contribution in [0.25, 0.3) is 11.5 Å². The molecule has 2 atom stereocenters. The number of carbonyl (C=O) groups excluding carboxylic acids is 2. The van der Waals surface area contributed by atoms with Gasteiger partial charge in [-0.1, -0.05) is 5.16 Å². The lowest BCUT2D eigenvalue weighted by Gasteiger charge is -2.36. The predicted molar refractivity (Wildman–Crippen MR) is 114 cm³/mol. The topological polar surface area (TPSA) is 115 Å². The first kappa shape index (κ1) is 22.2. The molecular formula is C22H30N6O4. The number of amides is 2. The van der Waals surface area contributed by atoms with Crippen LogP contribution in [0, 0.1) is 5.92 Å². The van der Waals surface area contributed by atoms with Crippen molar-refractivity contribution < 1.29 is 18.8 Å². The number of rotatable bonds is 4. The summed E-state index contributed by atoms with van der Waals surface area (Å²) in [6.45, 7) is 7.36. The van der Waals surface area contributed by atoms with Gasteiger partial charge in [0, 0.05) is 38.4 Å². The van der Waals surface area contributed by atoms with Crippen LogP contribution in [0.3, 0.4) is 0 Å². The molecule has 10 heteroatoms. The second kappa shape index (κ2) is 9.22. The van der Waals surface area contributed by atoms with Gasteiger partial charge < -0.3 is 14.2 Å². The molecule has 172 valence electrons. The van der Waals surface area contributed by atoms with E-state index in [2.05, 4.69) is 20.1 Å². The van der Waals surface area contributed by atoms with Crippen molar-refractivity contribution in [3.8, 4) is 11.5 Å². The van der Waals surface area contributed by atoms with Crippen molar-refractivity contribution in [1.82, 2.24) is 29.9 Å². The SMILES string of the molecule is CC(C)(C)OC(=O)N1CCCC1C(=O)N1CCCC(Cc2nc(-c3cnccn3)no2)C1. The molecule has 2 saturated heterocycles. The van der Waals surface area contributed by atoms with Crippen molar-refractivity contribution in [3.63, 3.8) is 0 Å². The number of aromatic nitrogens is 4. The van der Waals surface area contributed by atoms with E-state index >= 15 is 0 Å². The predicted octanol–water partition coefficient (Wildman–Crippen LogP) is 2.71. The molecule has 0 aliphatic carbocycles. The zero-order valence-electron chi connectivity index (χ0n) is 18.9. The fraction of sp³-hybridized carbons (Fsp3) is 0.636. The first-order valence-corrected chi connectivity index (χ1v) is 11.2. The Bertz CT molecular complexity index is 941. The Morgan fingerprint density at radius 1 is 1.19 bits per heavy atom. The molecule has 0 aromatic carbocycles. The number of hydrogen-bond acceptors (Lipinski definition) is 8. The third-order valence-corrected chi connectivity index (χ3v) is 5.72. The third-order valence-electron chi connectivity index (χ3n) is 5.72. The summed E-state index contributed by atoms with van der Waals surface area (Å²) in [4.78, 5) is 42.0. The van der Waals surface area contributed by atoms with Crippen molar-refractivity contribution in [2.75, 3.05) is 19.6 Å². The first-order valence-electron chi connectivity index (χ1n) is 11.2. The molecular weight excluding hydrogens is 412 g/mol. The molecule has 0 radical (unpaired) electrons. The quantitative estimate of drug-likeness (QED) is 0.710. The summed E-state index contributed by atoms with van der Waals surface area (Å²) >= 11 is 0. The number of carbonyl (C=O) groups is 2. The zero-order chi connectivity index (χ0) is 22.7. The van der Waals surface area contributed by atoms with Gasteiger partial charge in [0.15, 0.2) is 0 Å². The second-order valence-electron chi connectivity index (χ2n) is 9.43. The highest BCUT2D eigenvalue weighted by molar-refractivity contribution is 5.86. The molecule has 4 rings (SSSR count). The Balaban J connectivity index is 1.37. The lowest BCUT2D eigenvalue weighted by atomic mass is 9.94. The summed E-state index contributed by atoms with van der Waals surface area (Å²) in [5.74, 6) is 1.17. The van der Waals surface area contributed by atoms with Gasteiger partial charge in [-0.2, -0.15) is 4.98 Å². The van der Waals surface area contributed by atoms with E-state index in [0.717, 1.165) is 19.3 Å². The molecule has 2 fully saturated rings. The van der Waals surface area contributed by atoms with E-state index in [1.807, 2.05) is 25.7 Å². The summed E-state index contributed by atoms with van der Waals surface area (Å²) < 4.78 is 10.9. The molecule has 2 unspecified atom stereocenters. The van der Waals surface area contributed by atoms with E-state index in [4.69, 9.17) is 9.26 Å². The molecule has 0 saturated carbocycles. The average molecular weight is 443 g/mol. The lowest BCUT2D eigenvalue weighted by molar-refractivity contribution is -0.137. The van der Waals surface area contributed by atoms with E-state index < -0.39 is 17.7 Å². The lowest BCUT2D eigenvalue weighted by Crippen LogP contribution is -2.51. The van der Waals surface area contributed by atoms with E-state index in [1.165, 1.54) is 0 Å². The van der Waals surface area contributed by atoms with Crippen LogP contribution in [0.5, 0.6) is 0 Å². The Labute approximate surface area is 187 Å². The molecule has 0 spiro atoms. The second-order valence-corrected chi connectivity index (χ2v) is 9.43. The highest BCUT2D eigenvalue weighted by Crippen LogP contribution is 2.26. The van der Waals surface area contributed by atoms with Crippen LogP contribution < -0.4 is 0 Å². The molecule has 2 amide bonds. The normalized spacial score (nSPS) is 21.6. The maximum atomic E-state index is 13.3. The summed E-state index contributed by atoms with van der Waals surface area (Å²) in [6, 6.07) is -0.449. The van der Waals surface area contributed by atoms with E-state index in [9.17, 15) is 9.59 Å². The van der Waals surface area contributed by atoms with E-state index in [0.29, 0.717) is 49.9 Å². The Hall–Kier alpha value is -3.04. The first-order chi connectivity index (χ1) is 15.3. The number of hydrogen-bond donors (Lipinski definition) is 0. The van der Waals surface area contributed by atoms with Crippen molar-refractivity contribution in [2.24, 2.45) is 5.92 Å².